The van der Waals surface area contributed by atoms with E-state index in [0.717, 1.165) is 31.2 Å². The number of halogens is 2. The van der Waals surface area contributed by atoms with Crippen molar-refractivity contribution in [2.75, 3.05) is 26.7 Å². The molecule has 0 aliphatic carbocycles. The number of aryl methyl sites for hydroxylation is 1. The Morgan fingerprint density at radius 1 is 1.25 bits per heavy atom. The van der Waals surface area contributed by atoms with Crippen LogP contribution < -0.4 is 10.6 Å². The number of rotatable bonds is 7. The lowest BCUT2D eigenvalue weighted by Crippen LogP contribution is -2.46. The maximum absolute atomic E-state index is 13.7. The fourth-order valence-corrected chi connectivity index (χ4v) is 2.58. The standard InChI is InChI=1S/C18H31FN4.HI/c1-7-23(8-2)14(4)12-21-18(20-6)22-15(5)16-10-9-13(3)17(19)11-16;/h9-11,14-15H,7-8,12H2,1-6H3,(H2,20,21,22);1H. The van der Waals surface area contributed by atoms with Crippen LogP contribution in [0.1, 0.15) is 44.9 Å². The van der Waals surface area contributed by atoms with Crippen molar-refractivity contribution >= 4 is 29.9 Å². The molecule has 0 saturated carbocycles. The predicted molar refractivity (Wildman–Crippen MR) is 112 cm³/mol. The van der Waals surface area contributed by atoms with Gasteiger partial charge < -0.3 is 10.6 Å². The molecule has 0 amide bonds. The Morgan fingerprint density at radius 2 is 1.88 bits per heavy atom. The number of hydrogen-bond donors (Lipinski definition) is 2. The first kappa shape index (κ1) is 23.1. The van der Waals surface area contributed by atoms with Crippen LogP contribution in [0.4, 0.5) is 4.39 Å². The second kappa shape index (κ2) is 11.6. The summed E-state index contributed by atoms with van der Waals surface area (Å²) in [6.45, 7) is 13.2. The van der Waals surface area contributed by atoms with Gasteiger partial charge in [-0.15, -0.1) is 24.0 Å². The van der Waals surface area contributed by atoms with Gasteiger partial charge in [-0.25, -0.2) is 4.39 Å². The Morgan fingerprint density at radius 3 is 2.38 bits per heavy atom. The Hall–Kier alpha value is -0.890. The summed E-state index contributed by atoms with van der Waals surface area (Å²) in [6, 6.07) is 5.75. The second-order valence-corrected chi connectivity index (χ2v) is 5.90. The molecular formula is C18H32FIN4. The van der Waals surface area contributed by atoms with E-state index < -0.39 is 0 Å². The van der Waals surface area contributed by atoms with Crippen LogP contribution in [0.25, 0.3) is 0 Å². The smallest absolute Gasteiger partial charge is 0.191 e. The number of aliphatic imine (C=N–C) groups is 1. The van der Waals surface area contributed by atoms with Gasteiger partial charge in [-0.2, -0.15) is 0 Å². The molecule has 24 heavy (non-hydrogen) atoms. The molecule has 1 aromatic rings. The van der Waals surface area contributed by atoms with Gasteiger partial charge in [0.1, 0.15) is 5.82 Å². The van der Waals surface area contributed by atoms with E-state index in [1.165, 1.54) is 0 Å². The third kappa shape index (κ3) is 6.93. The molecule has 0 radical (unpaired) electrons. The quantitative estimate of drug-likeness (QED) is 0.378. The maximum Gasteiger partial charge on any atom is 0.191 e. The lowest BCUT2D eigenvalue weighted by atomic mass is 10.1. The highest BCUT2D eigenvalue weighted by atomic mass is 127. The first-order valence-corrected chi connectivity index (χ1v) is 8.40. The van der Waals surface area contributed by atoms with Gasteiger partial charge >= 0.3 is 0 Å². The summed E-state index contributed by atoms with van der Waals surface area (Å²) in [5, 5.41) is 6.66. The summed E-state index contributed by atoms with van der Waals surface area (Å²) < 4.78 is 13.7. The Kier molecular flexibility index (Phi) is 11.2. The van der Waals surface area contributed by atoms with Crippen LogP contribution in [0.15, 0.2) is 23.2 Å². The molecule has 6 heteroatoms. The highest BCUT2D eigenvalue weighted by Crippen LogP contribution is 2.16. The molecule has 0 bridgehead atoms. The zero-order valence-electron chi connectivity index (χ0n) is 15.7. The number of benzene rings is 1. The van der Waals surface area contributed by atoms with Crippen LogP contribution in [-0.4, -0.2) is 43.6 Å². The zero-order chi connectivity index (χ0) is 17.4. The SMILES string of the molecule is CCN(CC)C(C)CNC(=NC)NC(C)c1ccc(C)c(F)c1.I. The van der Waals surface area contributed by atoms with Gasteiger partial charge in [0.15, 0.2) is 5.96 Å². The molecule has 0 heterocycles. The first-order valence-electron chi connectivity index (χ1n) is 8.40. The average molecular weight is 450 g/mol. The van der Waals surface area contributed by atoms with Gasteiger partial charge in [0.25, 0.3) is 0 Å². The minimum Gasteiger partial charge on any atom is -0.355 e. The zero-order valence-corrected chi connectivity index (χ0v) is 18.0. The summed E-state index contributed by atoms with van der Waals surface area (Å²) in [6.07, 6.45) is 0. The van der Waals surface area contributed by atoms with Gasteiger partial charge in [0, 0.05) is 19.6 Å². The molecule has 1 aromatic carbocycles. The third-order valence-electron chi connectivity index (χ3n) is 4.27. The van der Waals surface area contributed by atoms with Gasteiger partial charge in [-0.3, -0.25) is 9.89 Å². The molecule has 0 fully saturated rings. The molecule has 0 aliphatic heterocycles. The van der Waals surface area contributed by atoms with Gasteiger partial charge in [0.05, 0.1) is 6.04 Å². The van der Waals surface area contributed by atoms with Crippen molar-refractivity contribution in [2.24, 2.45) is 4.99 Å². The van der Waals surface area contributed by atoms with E-state index in [9.17, 15) is 4.39 Å². The topological polar surface area (TPSA) is 39.7 Å². The van der Waals surface area contributed by atoms with Crippen molar-refractivity contribution < 1.29 is 4.39 Å². The Bertz CT molecular complexity index is 518. The van der Waals surface area contributed by atoms with Crippen molar-refractivity contribution in [1.82, 2.24) is 15.5 Å². The van der Waals surface area contributed by atoms with E-state index in [2.05, 4.69) is 41.3 Å². The van der Waals surface area contributed by atoms with E-state index in [1.807, 2.05) is 19.1 Å². The predicted octanol–water partition coefficient (Wildman–Crippen LogP) is 3.71. The summed E-state index contributed by atoms with van der Waals surface area (Å²) >= 11 is 0. The molecule has 1 rings (SSSR count). The van der Waals surface area contributed by atoms with Gasteiger partial charge in [-0.05, 0) is 51.1 Å². The lowest BCUT2D eigenvalue weighted by Gasteiger charge is -2.27. The molecule has 0 saturated heterocycles. The van der Waals surface area contributed by atoms with Crippen LogP contribution >= 0.6 is 24.0 Å². The van der Waals surface area contributed by atoms with E-state index >= 15 is 0 Å². The minimum absolute atomic E-state index is 0. The van der Waals surface area contributed by atoms with Crippen LogP contribution in [0.3, 0.4) is 0 Å². The second-order valence-electron chi connectivity index (χ2n) is 5.90. The number of guanidine groups is 1. The van der Waals surface area contributed by atoms with E-state index in [1.54, 1.807) is 20.0 Å². The normalized spacial score (nSPS) is 14.1. The largest absolute Gasteiger partial charge is 0.355 e. The molecular weight excluding hydrogens is 418 g/mol. The fraction of sp³-hybridized carbons (Fsp3) is 0.611. The monoisotopic (exact) mass is 450 g/mol. The van der Waals surface area contributed by atoms with E-state index in [4.69, 9.17) is 0 Å². The number of nitrogens with zero attached hydrogens (tertiary/aromatic N) is 2. The maximum atomic E-state index is 13.7. The number of nitrogens with one attached hydrogen (secondary N) is 2. The van der Waals surface area contributed by atoms with Crippen LogP contribution in [0.2, 0.25) is 0 Å². The van der Waals surface area contributed by atoms with Crippen molar-refractivity contribution in [3.05, 3.63) is 35.1 Å². The summed E-state index contributed by atoms with van der Waals surface area (Å²) in [4.78, 5) is 6.65. The van der Waals surface area contributed by atoms with Crippen molar-refractivity contribution in [3.63, 3.8) is 0 Å². The molecule has 138 valence electrons. The summed E-state index contributed by atoms with van der Waals surface area (Å²) in [5.41, 5.74) is 1.57. The molecule has 2 unspecified atom stereocenters. The Labute approximate surface area is 163 Å². The average Bonchev–Trinajstić information content (AvgIpc) is 2.54. The summed E-state index contributed by atoms with van der Waals surface area (Å²) in [5.74, 6) is 0.562. The summed E-state index contributed by atoms with van der Waals surface area (Å²) in [7, 11) is 1.75. The highest BCUT2D eigenvalue weighted by Gasteiger charge is 2.13. The lowest BCUT2D eigenvalue weighted by molar-refractivity contribution is 0.231. The molecule has 0 spiro atoms. The Balaban J connectivity index is 0.00000529. The molecule has 0 aromatic heterocycles. The van der Waals surface area contributed by atoms with Crippen LogP contribution in [0, 0.1) is 12.7 Å². The van der Waals surface area contributed by atoms with Crippen molar-refractivity contribution in [1.29, 1.82) is 0 Å². The molecule has 2 atom stereocenters. The van der Waals surface area contributed by atoms with Gasteiger partial charge in [0.2, 0.25) is 0 Å². The first-order chi connectivity index (χ1) is 10.9. The molecule has 0 aliphatic rings. The van der Waals surface area contributed by atoms with Crippen molar-refractivity contribution in [3.8, 4) is 0 Å². The third-order valence-corrected chi connectivity index (χ3v) is 4.27. The van der Waals surface area contributed by atoms with E-state index in [-0.39, 0.29) is 35.8 Å². The fourth-order valence-electron chi connectivity index (χ4n) is 2.58. The highest BCUT2D eigenvalue weighted by molar-refractivity contribution is 14.0. The van der Waals surface area contributed by atoms with Crippen LogP contribution in [0.5, 0.6) is 0 Å². The number of likely N-dealkylation sites (N-methyl/N-ethyl adjacent to an activating group) is 1. The molecule has 2 N–H and O–H groups in total. The van der Waals surface area contributed by atoms with Crippen molar-refractivity contribution in [2.45, 2.75) is 46.7 Å². The van der Waals surface area contributed by atoms with Gasteiger partial charge in [-0.1, -0.05) is 26.0 Å². The minimum atomic E-state index is -0.172. The number of hydrogen-bond acceptors (Lipinski definition) is 2. The van der Waals surface area contributed by atoms with Crippen LogP contribution in [-0.2, 0) is 0 Å². The molecule has 4 nitrogen and oxygen atoms in total. The van der Waals surface area contributed by atoms with E-state index in [0.29, 0.717) is 11.6 Å².